The molecule has 0 saturated carbocycles. The van der Waals surface area contributed by atoms with Crippen LogP contribution in [0.25, 0.3) is 0 Å². The van der Waals surface area contributed by atoms with Gasteiger partial charge in [0.25, 0.3) is 0 Å². The molecule has 0 aliphatic rings. The number of benzene rings is 2. The van der Waals surface area contributed by atoms with Gasteiger partial charge in [0, 0.05) is 4.47 Å². The molecule has 102 valence electrons. The molecular weight excluding hydrogens is 318 g/mol. The number of aryl methyl sites for hydroxylation is 1. The molecule has 0 atom stereocenters. The van der Waals surface area contributed by atoms with Crippen molar-refractivity contribution in [2.75, 3.05) is 13.2 Å². The first-order chi connectivity index (χ1) is 9.69. The van der Waals surface area contributed by atoms with Crippen molar-refractivity contribution in [3.63, 3.8) is 0 Å². The first-order valence-electron chi connectivity index (χ1n) is 6.21. The lowest BCUT2D eigenvalue weighted by Gasteiger charge is -2.10. The molecule has 0 fully saturated rings. The fourth-order valence-electron chi connectivity index (χ4n) is 1.69. The van der Waals surface area contributed by atoms with Crippen molar-refractivity contribution in [1.29, 1.82) is 5.26 Å². The van der Waals surface area contributed by atoms with Gasteiger partial charge >= 0.3 is 0 Å². The van der Waals surface area contributed by atoms with Crippen molar-refractivity contribution in [2.45, 2.75) is 6.92 Å². The van der Waals surface area contributed by atoms with Gasteiger partial charge in [-0.2, -0.15) is 5.26 Å². The Bertz CT molecular complexity index is 635. The summed E-state index contributed by atoms with van der Waals surface area (Å²) in [6, 6.07) is 15.2. The Kier molecular flexibility index (Phi) is 5.03. The third kappa shape index (κ3) is 4.01. The van der Waals surface area contributed by atoms with E-state index in [0.29, 0.717) is 18.8 Å². The third-order valence-electron chi connectivity index (χ3n) is 2.72. The van der Waals surface area contributed by atoms with Crippen molar-refractivity contribution in [3.05, 3.63) is 58.1 Å². The zero-order valence-corrected chi connectivity index (χ0v) is 12.7. The lowest BCUT2D eigenvalue weighted by molar-refractivity contribution is 0.216. The molecule has 0 unspecified atom stereocenters. The zero-order valence-electron chi connectivity index (χ0n) is 11.1. The molecule has 2 aromatic rings. The summed E-state index contributed by atoms with van der Waals surface area (Å²) < 4.78 is 12.2. The predicted molar refractivity (Wildman–Crippen MR) is 81.0 cm³/mol. The molecule has 0 amide bonds. The molecular formula is C16H14BrNO2. The molecule has 2 aromatic carbocycles. The SMILES string of the molecule is Cc1ccc(C#N)cc1OCCOc1cccc(Br)c1. The summed E-state index contributed by atoms with van der Waals surface area (Å²) in [4.78, 5) is 0. The van der Waals surface area contributed by atoms with E-state index in [1.54, 1.807) is 12.1 Å². The van der Waals surface area contributed by atoms with Gasteiger partial charge in [-0.25, -0.2) is 0 Å². The van der Waals surface area contributed by atoms with Gasteiger partial charge in [-0.3, -0.25) is 0 Å². The highest BCUT2D eigenvalue weighted by atomic mass is 79.9. The average molecular weight is 332 g/mol. The van der Waals surface area contributed by atoms with Crippen molar-refractivity contribution >= 4 is 15.9 Å². The first-order valence-corrected chi connectivity index (χ1v) is 7.00. The molecule has 20 heavy (non-hydrogen) atoms. The lowest BCUT2D eigenvalue weighted by Crippen LogP contribution is -2.09. The van der Waals surface area contributed by atoms with Gasteiger partial charge in [0.2, 0.25) is 0 Å². The maximum Gasteiger partial charge on any atom is 0.123 e. The minimum Gasteiger partial charge on any atom is -0.490 e. The summed E-state index contributed by atoms with van der Waals surface area (Å²) >= 11 is 3.39. The van der Waals surface area contributed by atoms with E-state index in [9.17, 15) is 0 Å². The Balaban J connectivity index is 1.86. The molecule has 4 heteroatoms. The molecule has 0 aliphatic carbocycles. The second kappa shape index (κ2) is 6.97. The molecule has 0 radical (unpaired) electrons. The van der Waals surface area contributed by atoms with E-state index < -0.39 is 0 Å². The number of nitriles is 1. The van der Waals surface area contributed by atoms with Gasteiger partial charge in [0.15, 0.2) is 0 Å². The van der Waals surface area contributed by atoms with E-state index in [0.717, 1.165) is 21.5 Å². The van der Waals surface area contributed by atoms with Crippen molar-refractivity contribution in [2.24, 2.45) is 0 Å². The third-order valence-corrected chi connectivity index (χ3v) is 3.22. The fourth-order valence-corrected chi connectivity index (χ4v) is 2.07. The summed E-state index contributed by atoms with van der Waals surface area (Å²) in [5, 5.41) is 8.86. The molecule has 0 spiro atoms. The Morgan fingerprint density at radius 3 is 2.65 bits per heavy atom. The van der Waals surface area contributed by atoms with E-state index >= 15 is 0 Å². The minimum atomic E-state index is 0.433. The minimum absolute atomic E-state index is 0.433. The normalized spacial score (nSPS) is 9.85. The van der Waals surface area contributed by atoms with Crippen LogP contribution in [0.1, 0.15) is 11.1 Å². The second-order valence-electron chi connectivity index (χ2n) is 4.25. The van der Waals surface area contributed by atoms with Crippen LogP contribution in [0.4, 0.5) is 0 Å². The van der Waals surface area contributed by atoms with Crippen LogP contribution in [0.15, 0.2) is 46.9 Å². The Morgan fingerprint density at radius 1 is 1.10 bits per heavy atom. The van der Waals surface area contributed by atoms with Crippen LogP contribution in [0.3, 0.4) is 0 Å². The fraction of sp³-hybridized carbons (Fsp3) is 0.188. The Labute approximate surface area is 126 Å². The van der Waals surface area contributed by atoms with E-state index in [1.165, 1.54) is 0 Å². The number of halogens is 1. The average Bonchev–Trinajstić information content (AvgIpc) is 2.45. The number of hydrogen-bond donors (Lipinski definition) is 0. The van der Waals surface area contributed by atoms with E-state index in [2.05, 4.69) is 22.0 Å². The number of hydrogen-bond acceptors (Lipinski definition) is 3. The van der Waals surface area contributed by atoms with Gasteiger partial charge < -0.3 is 9.47 Å². The maximum absolute atomic E-state index is 8.86. The van der Waals surface area contributed by atoms with Gasteiger partial charge in [0.1, 0.15) is 24.7 Å². The first kappa shape index (κ1) is 14.4. The molecule has 0 bridgehead atoms. The summed E-state index contributed by atoms with van der Waals surface area (Å²) in [7, 11) is 0. The summed E-state index contributed by atoms with van der Waals surface area (Å²) in [5.74, 6) is 1.52. The molecule has 3 nitrogen and oxygen atoms in total. The van der Waals surface area contributed by atoms with Crippen molar-refractivity contribution < 1.29 is 9.47 Å². The standard InChI is InChI=1S/C16H14BrNO2/c1-12-5-6-13(11-18)9-16(12)20-8-7-19-15-4-2-3-14(17)10-15/h2-6,9-10H,7-8H2,1H3. The smallest absolute Gasteiger partial charge is 0.123 e. The monoisotopic (exact) mass is 331 g/mol. The molecule has 0 aliphatic heterocycles. The summed E-state index contributed by atoms with van der Waals surface area (Å²) in [6.45, 7) is 2.83. The van der Waals surface area contributed by atoms with Crippen molar-refractivity contribution in [1.82, 2.24) is 0 Å². The van der Waals surface area contributed by atoms with Gasteiger partial charge in [-0.15, -0.1) is 0 Å². The maximum atomic E-state index is 8.86. The van der Waals surface area contributed by atoms with Crippen LogP contribution in [-0.4, -0.2) is 13.2 Å². The van der Waals surface area contributed by atoms with E-state index in [-0.39, 0.29) is 0 Å². The van der Waals surface area contributed by atoms with E-state index in [1.807, 2.05) is 37.3 Å². The molecule has 2 rings (SSSR count). The number of rotatable bonds is 5. The highest BCUT2D eigenvalue weighted by Crippen LogP contribution is 2.20. The van der Waals surface area contributed by atoms with Crippen LogP contribution < -0.4 is 9.47 Å². The molecule has 0 N–H and O–H groups in total. The number of nitrogens with zero attached hydrogens (tertiary/aromatic N) is 1. The predicted octanol–water partition coefficient (Wildman–Crippen LogP) is 4.09. The summed E-state index contributed by atoms with van der Waals surface area (Å²) in [5.41, 5.74) is 1.60. The lowest BCUT2D eigenvalue weighted by atomic mass is 10.1. The van der Waals surface area contributed by atoms with Crippen LogP contribution in [0, 0.1) is 18.3 Å². The molecule has 0 saturated heterocycles. The van der Waals surface area contributed by atoms with Crippen molar-refractivity contribution in [3.8, 4) is 17.6 Å². The van der Waals surface area contributed by atoms with Crippen LogP contribution in [0.5, 0.6) is 11.5 Å². The van der Waals surface area contributed by atoms with Gasteiger partial charge in [0.05, 0.1) is 11.6 Å². The van der Waals surface area contributed by atoms with Crippen LogP contribution >= 0.6 is 15.9 Å². The Morgan fingerprint density at radius 2 is 1.90 bits per heavy atom. The second-order valence-corrected chi connectivity index (χ2v) is 5.16. The van der Waals surface area contributed by atoms with Crippen LogP contribution in [0.2, 0.25) is 0 Å². The van der Waals surface area contributed by atoms with Gasteiger partial charge in [-0.05, 0) is 42.8 Å². The quantitative estimate of drug-likeness (QED) is 0.775. The topological polar surface area (TPSA) is 42.2 Å². The van der Waals surface area contributed by atoms with Gasteiger partial charge in [-0.1, -0.05) is 28.1 Å². The molecule has 0 aromatic heterocycles. The highest BCUT2D eigenvalue weighted by Gasteiger charge is 2.02. The number of ether oxygens (including phenoxy) is 2. The molecule has 0 heterocycles. The van der Waals surface area contributed by atoms with E-state index in [4.69, 9.17) is 14.7 Å². The highest BCUT2D eigenvalue weighted by molar-refractivity contribution is 9.10. The largest absolute Gasteiger partial charge is 0.490 e. The zero-order chi connectivity index (χ0) is 14.4. The summed E-state index contributed by atoms with van der Waals surface area (Å²) in [6.07, 6.45) is 0. The Hall–Kier alpha value is -1.99. The van der Waals surface area contributed by atoms with Crippen LogP contribution in [-0.2, 0) is 0 Å².